The summed E-state index contributed by atoms with van der Waals surface area (Å²) in [6, 6.07) is 8.49. The van der Waals surface area contributed by atoms with Crippen molar-refractivity contribution in [2.24, 2.45) is 0 Å². The summed E-state index contributed by atoms with van der Waals surface area (Å²) in [5, 5.41) is 0.837. The third-order valence-corrected chi connectivity index (χ3v) is 6.92. The summed E-state index contributed by atoms with van der Waals surface area (Å²) >= 11 is 0. The predicted molar refractivity (Wildman–Crippen MR) is 125 cm³/mol. The van der Waals surface area contributed by atoms with E-state index in [9.17, 15) is 8.42 Å². The molecule has 32 heavy (non-hydrogen) atoms. The van der Waals surface area contributed by atoms with Crippen LogP contribution in [0.3, 0.4) is 0 Å². The second-order valence-electron chi connectivity index (χ2n) is 7.97. The molecular formula is C23H27FN4O3S. The molecule has 7 nitrogen and oxygen atoms in total. The molecular weight excluding hydrogens is 431 g/mol. The lowest BCUT2D eigenvalue weighted by molar-refractivity contribution is 0.122. The SMILES string of the molecule is CCCS(=O)(=O)Nc1cccc(-c2cc(C)c3nc(C)nc(N4CCOCC4)c3c2)c1F. The fourth-order valence-corrected chi connectivity index (χ4v) is 5.12. The Kier molecular flexibility index (Phi) is 6.30. The van der Waals surface area contributed by atoms with Crippen LogP contribution in [0.15, 0.2) is 30.3 Å². The van der Waals surface area contributed by atoms with E-state index in [0.29, 0.717) is 36.6 Å². The Balaban J connectivity index is 1.84. The lowest BCUT2D eigenvalue weighted by Gasteiger charge is -2.29. The van der Waals surface area contributed by atoms with E-state index in [4.69, 9.17) is 4.74 Å². The predicted octanol–water partition coefficient (Wildman–Crippen LogP) is 4.04. The van der Waals surface area contributed by atoms with E-state index in [2.05, 4.69) is 19.6 Å². The molecule has 0 unspecified atom stereocenters. The number of aromatic nitrogens is 2. The van der Waals surface area contributed by atoms with Crippen LogP contribution in [-0.2, 0) is 14.8 Å². The second kappa shape index (κ2) is 8.99. The van der Waals surface area contributed by atoms with Gasteiger partial charge in [0.2, 0.25) is 10.0 Å². The van der Waals surface area contributed by atoms with Crippen LogP contribution in [0.2, 0.25) is 0 Å². The van der Waals surface area contributed by atoms with Crippen molar-refractivity contribution in [3.8, 4) is 11.1 Å². The highest BCUT2D eigenvalue weighted by molar-refractivity contribution is 7.92. The highest BCUT2D eigenvalue weighted by Gasteiger charge is 2.20. The number of hydrogen-bond donors (Lipinski definition) is 1. The van der Waals surface area contributed by atoms with E-state index >= 15 is 4.39 Å². The van der Waals surface area contributed by atoms with Gasteiger partial charge in [0.05, 0.1) is 30.2 Å². The lowest BCUT2D eigenvalue weighted by Crippen LogP contribution is -2.37. The summed E-state index contributed by atoms with van der Waals surface area (Å²) in [5.74, 6) is 0.812. The molecule has 0 amide bonds. The number of aryl methyl sites for hydroxylation is 2. The molecule has 1 aromatic heterocycles. The molecule has 0 atom stereocenters. The van der Waals surface area contributed by atoms with E-state index in [1.165, 1.54) is 6.07 Å². The minimum atomic E-state index is -3.60. The summed E-state index contributed by atoms with van der Waals surface area (Å²) in [5.41, 5.74) is 2.63. The van der Waals surface area contributed by atoms with Crippen LogP contribution in [0.4, 0.5) is 15.9 Å². The average molecular weight is 459 g/mol. The number of nitrogens with one attached hydrogen (secondary N) is 1. The van der Waals surface area contributed by atoms with Gasteiger partial charge in [0.15, 0.2) is 5.82 Å². The largest absolute Gasteiger partial charge is 0.378 e. The van der Waals surface area contributed by atoms with Gasteiger partial charge in [-0.15, -0.1) is 0 Å². The molecule has 1 N–H and O–H groups in total. The smallest absolute Gasteiger partial charge is 0.232 e. The molecule has 2 heterocycles. The Morgan fingerprint density at radius 1 is 1.16 bits per heavy atom. The van der Waals surface area contributed by atoms with Crippen molar-refractivity contribution in [3.63, 3.8) is 0 Å². The van der Waals surface area contributed by atoms with Gasteiger partial charge in [0.25, 0.3) is 0 Å². The number of anilines is 2. The fraction of sp³-hybridized carbons (Fsp3) is 0.391. The summed E-state index contributed by atoms with van der Waals surface area (Å²) in [6.45, 7) is 8.25. The van der Waals surface area contributed by atoms with Crippen molar-refractivity contribution < 1.29 is 17.5 Å². The molecule has 1 aliphatic heterocycles. The van der Waals surface area contributed by atoms with E-state index in [0.717, 1.165) is 35.4 Å². The maximum absolute atomic E-state index is 15.4. The number of benzene rings is 2. The molecule has 0 radical (unpaired) electrons. The molecule has 1 saturated heterocycles. The maximum Gasteiger partial charge on any atom is 0.232 e. The van der Waals surface area contributed by atoms with Crippen molar-refractivity contribution in [2.75, 3.05) is 41.7 Å². The zero-order valence-corrected chi connectivity index (χ0v) is 19.3. The Labute approximate surface area is 187 Å². The molecule has 0 aliphatic carbocycles. The first-order chi connectivity index (χ1) is 15.3. The first-order valence-electron chi connectivity index (χ1n) is 10.7. The summed E-state index contributed by atoms with van der Waals surface area (Å²) < 4.78 is 47.6. The normalized spacial score (nSPS) is 14.7. The van der Waals surface area contributed by atoms with Gasteiger partial charge in [0.1, 0.15) is 11.6 Å². The van der Waals surface area contributed by atoms with Crippen LogP contribution in [-0.4, -0.2) is 50.4 Å². The van der Waals surface area contributed by atoms with Gasteiger partial charge in [-0.1, -0.05) is 19.1 Å². The van der Waals surface area contributed by atoms with E-state index in [-0.39, 0.29) is 11.4 Å². The third kappa shape index (κ3) is 4.54. The number of sulfonamides is 1. The van der Waals surface area contributed by atoms with Gasteiger partial charge < -0.3 is 9.64 Å². The number of morpholine rings is 1. The zero-order valence-electron chi connectivity index (χ0n) is 18.5. The Hall–Kier alpha value is -2.78. The number of fused-ring (bicyclic) bond motifs is 1. The van der Waals surface area contributed by atoms with E-state index in [1.807, 2.05) is 26.0 Å². The van der Waals surface area contributed by atoms with Crippen molar-refractivity contribution in [3.05, 3.63) is 47.5 Å². The standard InChI is InChI=1S/C23H27FN4O3S/c1-4-12-32(29,30)27-20-7-5-6-18(21(20)24)17-13-15(2)22-19(14-17)23(26-16(3)25-22)28-8-10-31-11-9-28/h5-7,13-14,27H,4,8-12H2,1-3H3. The highest BCUT2D eigenvalue weighted by atomic mass is 32.2. The molecule has 170 valence electrons. The van der Waals surface area contributed by atoms with Crippen molar-refractivity contribution in [1.82, 2.24) is 9.97 Å². The topological polar surface area (TPSA) is 84.4 Å². The number of hydrogen-bond acceptors (Lipinski definition) is 6. The van der Waals surface area contributed by atoms with Gasteiger partial charge in [0, 0.05) is 24.0 Å². The van der Waals surface area contributed by atoms with E-state index < -0.39 is 15.8 Å². The van der Waals surface area contributed by atoms with E-state index in [1.54, 1.807) is 19.1 Å². The first kappa shape index (κ1) is 22.4. The van der Waals surface area contributed by atoms with Gasteiger partial charge in [-0.3, -0.25) is 4.72 Å². The molecule has 3 aromatic rings. The van der Waals surface area contributed by atoms with Crippen molar-refractivity contribution in [1.29, 1.82) is 0 Å². The molecule has 9 heteroatoms. The molecule has 2 aromatic carbocycles. The quantitative estimate of drug-likeness (QED) is 0.600. The molecule has 1 aliphatic rings. The van der Waals surface area contributed by atoms with Crippen LogP contribution in [0, 0.1) is 19.7 Å². The molecule has 4 rings (SSSR count). The Morgan fingerprint density at radius 2 is 1.91 bits per heavy atom. The van der Waals surface area contributed by atoms with Crippen molar-refractivity contribution >= 4 is 32.4 Å². The monoisotopic (exact) mass is 458 g/mol. The van der Waals surface area contributed by atoms with Crippen LogP contribution in [0.5, 0.6) is 0 Å². The molecule has 0 bridgehead atoms. The highest BCUT2D eigenvalue weighted by Crippen LogP contribution is 2.35. The summed E-state index contributed by atoms with van der Waals surface area (Å²) in [4.78, 5) is 11.5. The van der Waals surface area contributed by atoms with Gasteiger partial charge in [-0.05, 0) is 49.6 Å². The third-order valence-electron chi connectivity index (χ3n) is 5.44. The Morgan fingerprint density at radius 3 is 2.62 bits per heavy atom. The number of ether oxygens (including phenoxy) is 1. The van der Waals surface area contributed by atoms with Crippen LogP contribution in [0.25, 0.3) is 22.0 Å². The minimum absolute atomic E-state index is 0.0535. The lowest BCUT2D eigenvalue weighted by atomic mass is 9.99. The van der Waals surface area contributed by atoms with Gasteiger partial charge in [-0.2, -0.15) is 0 Å². The fourth-order valence-electron chi connectivity index (χ4n) is 3.99. The van der Waals surface area contributed by atoms with Crippen LogP contribution < -0.4 is 9.62 Å². The summed E-state index contributed by atoms with van der Waals surface area (Å²) in [6.07, 6.45) is 0.449. The first-order valence-corrected chi connectivity index (χ1v) is 12.4. The molecule has 0 saturated carbocycles. The van der Waals surface area contributed by atoms with Gasteiger partial charge >= 0.3 is 0 Å². The second-order valence-corrected chi connectivity index (χ2v) is 9.81. The van der Waals surface area contributed by atoms with Crippen molar-refractivity contribution in [2.45, 2.75) is 27.2 Å². The van der Waals surface area contributed by atoms with Gasteiger partial charge in [-0.25, -0.2) is 22.8 Å². The zero-order chi connectivity index (χ0) is 22.9. The number of nitrogens with zero attached hydrogens (tertiary/aromatic N) is 3. The van der Waals surface area contributed by atoms with Crippen LogP contribution in [0.1, 0.15) is 24.7 Å². The average Bonchev–Trinajstić information content (AvgIpc) is 2.75. The number of rotatable bonds is 6. The minimum Gasteiger partial charge on any atom is -0.378 e. The van der Waals surface area contributed by atoms with Crippen LogP contribution >= 0.6 is 0 Å². The molecule has 1 fully saturated rings. The molecule has 0 spiro atoms. The number of halogens is 1. The summed E-state index contributed by atoms with van der Waals surface area (Å²) in [7, 11) is -3.60. The maximum atomic E-state index is 15.4. The Bertz CT molecular complexity index is 1260.